The van der Waals surface area contributed by atoms with Gasteiger partial charge in [-0.05, 0) is 63.1 Å². The third-order valence-corrected chi connectivity index (χ3v) is 6.15. The lowest BCUT2D eigenvalue weighted by atomic mass is 9.84. The minimum absolute atomic E-state index is 0.558. The van der Waals surface area contributed by atoms with E-state index in [0.29, 0.717) is 5.54 Å². The topological polar surface area (TPSA) is 94.2 Å². The molecule has 0 amide bonds. The largest absolute Gasteiger partial charge is 0.490 e. The van der Waals surface area contributed by atoms with Crippen LogP contribution in [0.3, 0.4) is 0 Å². The zero-order valence-corrected chi connectivity index (χ0v) is 18.4. The normalized spacial score (nSPS) is 20.8. The van der Waals surface area contributed by atoms with Crippen LogP contribution in [0.15, 0.2) is 22.8 Å². The molecule has 2 N–H and O–H groups in total. The maximum Gasteiger partial charge on any atom is 0.490 e. The summed E-state index contributed by atoms with van der Waals surface area (Å²) in [5.74, 6) is -3.37. The van der Waals surface area contributed by atoms with Gasteiger partial charge in [-0.3, -0.25) is 9.80 Å². The Hall–Kier alpha value is -2.28. The molecule has 0 aromatic carbocycles. The molecule has 2 aliphatic heterocycles. The summed E-state index contributed by atoms with van der Waals surface area (Å²) >= 11 is 0. The van der Waals surface area contributed by atoms with Gasteiger partial charge in [-0.2, -0.15) is 26.3 Å². The lowest BCUT2D eigenvalue weighted by molar-refractivity contribution is -0.193. The molecule has 2 saturated heterocycles. The van der Waals surface area contributed by atoms with E-state index in [2.05, 4.69) is 15.9 Å². The molecular weight excluding hydrogens is 474 g/mol. The summed E-state index contributed by atoms with van der Waals surface area (Å²) in [4.78, 5) is 23.2. The van der Waals surface area contributed by atoms with Crippen molar-refractivity contribution < 1.29 is 50.6 Å². The average Bonchev–Trinajstić information content (AvgIpc) is 3.25. The minimum atomic E-state index is -5.08. The number of carboxylic acids is 2. The summed E-state index contributed by atoms with van der Waals surface area (Å²) in [7, 11) is 0. The molecule has 0 atom stereocenters. The van der Waals surface area contributed by atoms with E-state index in [1.165, 1.54) is 64.7 Å². The van der Waals surface area contributed by atoms with Crippen LogP contribution in [0.4, 0.5) is 26.3 Å². The first-order valence-corrected chi connectivity index (χ1v) is 10.8. The fourth-order valence-corrected chi connectivity index (χ4v) is 4.21. The van der Waals surface area contributed by atoms with E-state index in [9.17, 15) is 26.3 Å². The summed E-state index contributed by atoms with van der Waals surface area (Å²) in [6, 6.07) is 4.09. The third-order valence-electron chi connectivity index (χ3n) is 6.15. The van der Waals surface area contributed by atoms with Crippen molar-refractivity contribution in [2.45, 2.75) is 63.0 Å². The van der Waals surface area contributed by atoms with Crippen LogP contribution >= 0.6 is 0 Å². The molecule has 0 bridgehead atoms. The van der Waals surface area contributed by atoms with Crippen molar-refractivity contribution in [2.24, 2.45) is 5.92 Å². The van der Waals surface area contributed by atoms with Crippen molar-refractivity contribution >= 4 is 11.9 Å². The van der Waals surface area contributed by atoms with Gasteiger partial charge in [0.15, 0.2) is 0 Å². The molecule has 1 aromatic heterocycles. The van der Waals surface area contributed by atoms with Gasteiger partial charge in [0, 0.05) is 25.2 Å². The molecule has 1 spiro atoms. The number of aliphatic carboxylic acids is 2. The Morgan fingerprint density at radius 2 is 1.50 bits per heavy atom. The van der Waals surface area contributed by atoms with Crippen molar-refractivity contribution in [3.63, 3.8) is 0 Å². The maximum atomic E-state index is 10.6. The lowest BCUT2D eigenvalue weighted by Gasteiger charge is -2.45. The Kier molecular flexibility index (Phi) is 9.40. The smallest absolute Gasteiger partial charge is 0.475 e. The number of halogens is 6. The molecule has 194 valence electrons. The van der Waals surface area contributed by atoms with E-state index < -0.39 is 24.3 Å². The van der Waals surface area contributed by atoms with Gasteiger partial charge in [-0.25, -0.2) is 9.59 Å². The van der Waals surface area contributed by atoms with E-state index in [1.807, 2.05) is 6.07 Å². The molecule has 3 fully saturated rings. The summed E-state index contributed by atoms with van der Waals surface area (Å²) in [5.41, 5.74) is 0.558. The molecule has 1 aliphatic carbocycles. The number of carboxylic acid groups (broad SMARTS) is 2. The predicted molar refractivity (Wildman–Crippen MR) is 107 cm³/mol. The van der Waals surface area contributed by atoms with Crippen molar-refractivity contribution in [1.29, 1.82) is 0 Å². The van der Waals surface area contributed by atoms with Crippen LogP contribution in [0, 0.1) is 5.92 Å². The molecule has 3 heterocycles. The molecule has 0 unspecified atom stereocenters. The number of likely N-dealkylation sites (tertiary alicyclic amines) is 2. The van der Waals surface area contributed by atoms with Crippen molar-refractivity contribution in [3.8, 4) is 0 Å². The van der Waals surface area contributed by atoms with Crippen molar-refractivity contribution in [1.82, 2.24) is 9.80 Å². The van der Waals surface area contributed by atoms with E-state index in [4.69, 9.17) is 24.2 Å². The quantitative estimate of drug-likeness (QED) is 0.590. The number of piperidine rings is 1. The number of alkyl halides is 6. The van der Waals surface area contributed by atoms with Gasteiger partial charge in [-0.1, -0.05) is 0 Å². The van der Waals surface area contributed by atoms with Gasteiger partial charge >= 0.3 is 24.3 Å². The van der Waals surface area contributed by atoms with Gasteiger partial charge in [0.1, 0.15) is 5.76 Å². The SMILES string of the molecule is O=C(O)C(F)(F)F.O=C(O)C(F)(F)F.c1coc(CN2CCC3(CCCN3CC3CC3)CC2)c1. The number of nitrogens with zero attached hydrogens (tertiary/aromatic N) is 2. The molecule has 3 aliphatic rings. The zero-order valence-electron chi connectivity index (χ0n) is 18.4. The Morgan fingerprint density at radius 1 is 0.971 bits per heavy atom. The number of hydrogen-bond donors (Lipinski definition) is 2. The van der Waals surface area contributed by atoms with Crippen LogP contribution < -0.4 is 0 Å². The summed E-state index contributed by atoms with van der Waals surface area (Å²) in [5, 5.41) is 14.2. The number of rotatable bonds is 4. The maximum absolute atomic E-state index is 10.6. The Bertz CT molecular complexity index is 761. The predicted octanol–water partition coefficient (Wildman–Crippen LogP) is 4.39. The third kappa shape index (κ3) is 8.82. The van der Waals surface area contributed by atoms with Crippen LogP contribution in [0.1, 0.15) is 44.3 Å². The Balaban J connectivity index is 0.000000244. The van der Waals surface area contributed by atoms with Gasteiger partial charge in [0.25, 0.3) is 0 Å². The highest BCUT2D eigenvalue weighted by molar-refractivity contribution is 5.73. The molecule has 13 heteroatoms. The van der Waals surface area contributed by atoms with Crippen LogP contribution in [-0.2, 0) is 16.1 Å². The summed E-state index contributed by atoms with van der Waals surface area (Å²) < 4.78 is 69.0. The molecule has 1 aromatic rings. The first-order valence-electron chi connectivity index (χ1n) is 10.8. The summed E-state index contributed by atoms with van der Waals surface area (Å²) in [6.07, 6.45) is 0.170. The van der Waals surface area contributed by atoms with E-state index in [-0.39, 0.29) is 0 Å². The molecule has 0 radical (unpaired) electrons. The molecule has 1 saturated carbocycles. The Labute approximate surface area is 192 Å². The summed E-state index contributed by atoms with van der Waals surface area (Å²) in [6.45, 7) is 6.21. The van der Waals surface area contributed by atoms with Crippen LogP contribution in [-0.4, -0.2) is 76.0 Å². The van der Waals surface area contributed by atoms with Crippen molar-refractivity contribution in [3.05, 3.63) is 24.2 Å². The standard InChI is InChI=1S/C17H26N2O.2C2HF3O2/c1-3-16(20-12-1)14-18-10-7-17(8-11-18)6-2-9-19(17)13-15-4-5-15;2*3-2(4,5)1(6)7/h1,3,12,15H,2,4-11,13-14H2;2*(H,6,7). The second kappa shape index (κ2) is 11.4. The highest BCUT2D eigenvalue weighted by Crippen LogP contribution is 2.41. The highest BCUT2D eigenvalue weighted by Gasteiger charge is 2.44. The van der Waals surface area contributed by atoms with Gasteiger partial charge < -0.3 is 14.6 Å². The Morgan fingerprint density at radius 3 is 1.91 bits per heavy atom. The zero-order chi connectivity index (χ0) is 25.6. The first-order chi connectivity index (χ1) is 15.7. The van der Waals surface area contributed by atoms with Crippen LogP contribution in [0.5, 0.6) is 0 Å². The van der Waals surface area contributed by atoms with Crippen LogP contribution in [0.2, 0.25) is 0 Å². The number of hydrogen-bond acceptors (Lipinski definition) is 5. The number of furan rings is 1. The van der Waals surface area contributed by atoms with E-state index in [1.54, 1.807) is 6.26 Å². The average molecular weight is 502 g/mol. The number of carbonyl (C=O) groups is 2. The second-order valence-electron chi connectivity index (χ2n) is 8.68. The lowest BCUT2D eigenvalue weighted by Crippen LogP contribution is -2.52. The monoisotopic (exact) mass is 502 g/mol. The fourth-order valence-electron chi connectivity index (χ4n) is 4.21. The first kappa shape index (κ1) is 28.0. The van der Waals surface area contributed by atoms with Gasteiger partial charge in [-0.15, -0.1) is 0 Å². The minimum Gasteiger partial charge on any atom is -0.475 e. The molecule has 34 heavy (non-hydrogen) atoms. The van der Waals surface area contributed by atoms with Crippen molar-refractivity contribution in [2.75, 3.05) is 26.2 Å². The van der Waals surface area contributed by atoms with E-state index in [0.717, 1.165) is 18.2 Å². The van der Waals surface area contributed by atoms with Crippen LogP contribution in [0.25, 0.3) is 0 Å². The molecular formula is C21H28F6N2O5. The highest BCUT2D eigenvalue weighted by atomic mass is 19.4. The molecule has 4 rings (SSSR count). The fraction of sp³-hybridized carbons (Fsp3) is 0.714. The molecule has 7 nitrogen and oxygen atoms in total. The second-order valence-corrected chi connectivity index (χ2v) is 8.68. The van der Waals surface area contributed by atoms with Gasteiger partial charge in [0.2, 0.25) is 0 Å². The van der Waals surface area contributed by atoms with Gasteiger partial charge in [0.05, 0.1) is 12.8 Å². The van der Waals surface area contributed by atoms with E-state index >= 15 is 0 Å².